The van der Waals surface area contributed by atoms with Crippen LogP contribution in [0.15, 0.2) is 29.2 Å². The Morgan fingerprint density at radius 3 is 2.38 bits per heavy atom. The van der Waals surface area contributed by atoms with Crippen LogP contribution in [0.1, 0.15) is 25.7 Å². The average molecular weight is 307 g/mol. The molecule has 4 nitrogen and oxygen atoms in total. The number of anilines is 1. The van der Waals surface area contributed by atoms with E-state index in [-0.39, 0.29) is 10.8 Å². The maximum absolute atomic E-state index is 12.3. The first kappa shape index (κ1) is 15.9. The van der Waals surface area contributed by atoms with Crippen LogP contribution in [0.4, 0.5) is 5.69 Å². The predicted octanol–water partition coefficient (Wildman–Crippen LogP) is 2.65. The van der Waals surface area contributed by atoms with Crippen molar-refractivity contribution in [1.29, 1.82) is 0 Å². The van der Waals surface area contributed by atoms with E-state index in [9.17, 15) is 8.42 Å². The highest BCUT2D eigenvalue weighted by Gasteiger charge is 2.29. The first-order valence-electron chi connectivity index (χ1n) is 7.11. The van der Waals surface area contributed by atoms with Crippen LogP contribution < -0.4 is 4.90 Å². The normalized spacial score (nSPS) is 22.5. The molecular formula is C16H21NO3S. The van der Waals surface area contributed by atoms with Crippen LogP contribution in [-0.2, 0) is 14.3 Å². The summed E-state index contributed by atoms with van der Waals surface area (Å²) >= 11 is 0. The van der Waals surface area contributed by atoms with E-state index in [1.807, 2.05) is 19.0 Å². The maximum atomic E-state index is 12.3. The molecule has 1 aliphatic rings. The van der Waals surface area contributed by atoms with E-state index in [0.29, 0.717) is 6.42 Å². The fourth-order valence-electron chi connectivity index (χ4n) is 2.53. The molecule has 0 spiro atoms. The molecule has 2 atom stereocenters. The van der Waals surface area contributed by atoms with Gasteiger partial charge in [0, 0.05) is 25.7 Å². The van der Waals surface area contributed by atoms with Gasteiger partial charge in [-0.25, -0.2) is 0 Å². The lowest BCUT2D eigenvalue weighted by Gasteiger charge is -2.27. The van der Waals surface area contributed by atoms with Gasteiger partial charge in [-0.05, 0) is 37.1 Å². The average Bonchev–Trinajstić information content (AvgIpc) is 2.47. The molecule has 2 unspecified atom stereocenters. The quantitative estimate of drug-likeness (QED) is 0.634. The van der Waals surface area contributed by atoms with Crippen LogP contribution in [-0.4, -0.2) is 28.6 Å². The molecule has 0 aliphatic heterocycles. The summed E-state index contributed by atoms with van der Waals surface area (Å²) in [7, 11) is 0.0452. The fraction of sp³-hybridized carbons (Fsp3) is 0.500. The smallest absolute Gasteiger partial charge is 0.297 e. The summed E-state index contributed by atoms with van der Waals surface area (Å²) in [6.45, 7) is 0. The molecule has 0 aromatic heterocycles. The topological polar surface area (TPSA) is 46.6 Å². The van der Waals surface area contributed by atoms with E-state index >= 15 is 0 Å². The Labute approximate surface area is 127 Å². The first-order chi connectivity index (χ1) is 9.94. The van der Waals surface area contributed by atoms with Gasteiger partial charge in [-0.1, -0.05) is 12.8 Å². The van der Waals surface area contributed by atoms with Crippen molar-refractivity contribution in [2.24, 2.45) is 5.92 Å². The zero-order valence-electron chi connectivity index (χ0n) is 12.5. The minimum absolute atomic E-state index is 0.116. The van der Waals surface area contributed by atoms with Gasteiger partial charge in [-0.2, -0.15) is 8.42 Å². The van der Waals surface area contributed by atoms with Crippen molar-refractivity contribution in [3.63, 3.8) is 0 Å². The Kier molecular flexibility index (Phi) is 4.92. The van der Waals surface area contributed by atoms with Crippen molar-refractivity contribution in [3.05, 3.63) is 24.3 Å². The molecular weight excluding hydrogens is 286 g/mol. The van der Waals surface area contributed by atoms with Crippen LogP contribution in [0.25, 0.3) is 0 Å². The number of terminal acetylenes is 1. The predicted molar refractivity (Wildman–Crippen MR) is 83.6 cm³/mol. The van der Waals surface area contributed by atoms with E-state index < -0.39 is 16.2 Å². The lowest BCUT2D eigenvalue weighted by Crippen LogP contribution is -2.29. The van der Waals surface area contributed by atoms with Gasteiger partial charge in [0.1, 0.15) is 0 Å². The third-order valence-electron chi connectivity index (χ3n) is 3.81. The Hall–Kier alpha value is -1.51. The van der Waals surface area contributed by atoms with E-state index in [1.165, 1.54) is 0 Å². The monoisotopic (exact) mass is 307 g/mol. The molecule has 1 aromatic rings. The largest absolute Gasteiger partial charge is 0.378 e. The number of benzene rings is 1. The maximum Gasteiger partial charge on any atom is 0.297 e. The van der Waals surface area contributed by atoms with Crippen LogP contribution >= 0.6 is 0 Å². The Balaban J connectivity index is 2.16. The van der Waals surface area contributed by atoms with Gasteiger partial charge in [0.2, 0.25) is 0 Å². The summed E-state index contributed by atoms with van der Waals surface area (Å²) in [5.41, 5.74) is 0.938. The van der Waals surface area contributed by atoms with Crippen LogP contribution in [0.2, 0.25) is 0 Å². The molecule has 1 saturated carbocycles. The van der Waals surface area contributed by atoms with Gasteiger partial charge in [0.15, 0.2) is 0 Å². The van der Waals surface area contributed by atoms with Crippen molar-refractivity contribution in [3.8, 4) is 12.3 Å². The molecule has 1 aromatic carbocycles. The van der Waals surface area contributed by atoms with Crippen molar-refractivity contribution in [1.82, 2.24) is 0 Å². The summed E-state index contributed by atoms with van der Waals surface area (Å²) in [5, 5.41) is 0. The minimum Gasteiger partial charge on any atom is -0.378 e. The Morgan fingerprint density at radius 1 is 1.19 bits per heavy atom. The van der Waals surface area contributed by atoms with Gasteiger partial charge in [0.25, 0.3) is 10.1 Å². The van der Waals surface area contributed by atoms with Crippen LogP contribution in [0.3, 0.4) is 0 Å². The number of hydrogen-bond acceptors (Lipinski definition) is 4. The second-order valence-corrected chi connectivity index (χ2v) is 7.11. The molecule has 114 valence electrons. The summed E-state index contributed by atoms with van der Waals surface area (Å²) < 4.78 is 30.1. The zero-order valence-corrected chi connectivity index (χ0v) is 13.3. The molecule has 0 amide bonds. The van der Waals surface area contributed by atoms with Gasteiger partial charge in [0.05, 0.1) is 11.0 Å². The first-order valence-corrected chi connectivity index (χ1v) is 8.51. The van der Waals surface area contributed by atoms with Gasteiger partial charge >= 0.3 is 0 Å². The van der Waals surface area contributed by atoms with Gasteiger partial charge in [-0.15, -0.1) is 12.3 Å². The van der Waals surface area contributed by atoms with Crippen molar-refractivity contribution < 1.29 is 12.6 Å². The van der Waals surface area contributed by atoms with Crippen LogP contribution in [0.5, 0.6) is 0 Å². The van der Waals surface area contributed by atoms with Crippen molar-refractivity contribution in [2.75, 3.05) is 19.0 Å². The summed E-state index contributed by atoms with van der Waals surface area (Å²) in [5.74, 6) is 2.54. The summed E-state index contributed by atoms with van der Waals surface area (Å²) in [6.07, 6.45) is 8.59. The van der Waals surface area contributed by atoms with E-state index in [1.54, 1.807) is 24.3 Å². The SMILES string of the molecule is C#CC1CCCCC1OS(=O)(=O)c1ccc(N(C)C)cc1. The number of nitrogens with zero attached hydrogens (tertiary/aromatic N) is 1. The second-order valence-electron chi connectivity index (χ2n) is 5.53. The fourth-order valence-corrected chi connectivity index (χ4v) is 3.67. The molecule has 0 N–H and O–H groups in total. The lowest BCUT2D eigenvalue weighted by molar-refractivity contribution is 0.128. The Bertz CT molecular complexity index is 614. The molecule has 0 heterocycles. The zero-order chi connectivity index (χ0) is 15.5. The third-order valence-corrected chi connectivity index (χ3v) is 5.16. The molecule has 0 bridgehead atoms. The van der Waals surface area contributed by atoms with Gasteiger partial charge in [-0.3, -0.25) is 4.18 Å². The van der Waals surface area contributed by atoms with Crippen molar-refractivity contribution >= 4 is 15.8 Å². The summed E-state index contributed by atoms with van der Waals surface area (Å²) in [4.78, 5) is 2.08. The Morgan fingerprint density at radius 2 is 1.81 bits per heavy atom. The lowest BCUT2D eigenvalue weighted by atomic mass is 9.87. The highest BCUT2D eigenvalue weighted by atomic mass is 32.2. The molecule has 2 rings (SSSR count). The number of rotatable bonds is 4. The van der Waals surface area contributed by atoms with Crippen molar-refractivity contribution in [2.45, 2.75) is 36.7 Å². The molecule has 0 radical (unpaired) electrons. The minimum atomic E-state index is -3.76. The van der Waals surface area contributed by atoms with Gasteiger partial charge < -0.3 is 4.90 Å². The van der Waals surface area contributed by atoms with Crippen LogP contribution in [0, 0.1) is 18.3 Å². The standard InChI is InChI=1S/C16H21NO3S/c1-4-13-7-5-6-8-16(13)20-21(18,19)15-11-9-14(10-12-15)17(2)3/h1,9-13,16H,5-8H2,2-3H3. The van der Waals surface area contributed by atoms with E-state index in [2.05, 4.69) is 5.92 Å². The van der Waals surface area contributed by atoms with E-state index in [4.69, 9.17) is 10.6 Å². The highest BCUT2D eigenvalue weighted by molar-refractivity contribution is 7.86. The molecule has 1 fully saturated rings. The summed E-state index contributed by atoms with van der Waals surface area (Å²) in [6, 6.07) is 6.66. The molecule has 21 heavy (non-hydrogen) atoms. The highest BCUT2D eigenvalue weighted by Crippen LogP contribution is 2.29. The molecule has 1 aliphatic carbocycles. The molecule has 0 saturated heterocycles. The van der Waals surface area contributed by atoms with E-state index in [0.717, 1.165) is 24.9 Å². The number of hydrogen-bond donors (Lipinski definition) is 0. The second kappa shape index (κ2) is 6.50. The third kappa shape index (κ3) is 3.78. The molecule has 5 heteroatoms.